The predicted octanol–water partition coefficient (Wildman–Crippen LogP) is 0.0464. The third-order valence-electron chi connectivity index (χ3n) is 2.64. The van der Waals surface area contributed by atoms with Gasteiger partial charge >= 0.3 is 0 Å². The number of aromatic nitrogens is 3. The lowest BCUT2D eigenvalue weighted by Gasteiger charge is -2.24. The van der Waals surface area contributed by atoms with Crippen LogP contribution in [0.3, 0.4) is 0 Å². The van der Waals surface area contributed by atoms with Gasteiger partial charge in [-0.15, -0.1) is 0 Å². The Balaban J connectivity index is 3.17. The average molecular weight is 331 g/mol. The van der Waals surface area contributed by atoms with Crippen LogP contribution < -0.4 is 9.80 Å². The summed E-state index contributed by atoms with van der Waals surface area (Å²) in [4.78, 5) is 16.6. The zero-order valence-electron chi connectivity index (χ0n) is 14.3. The standard InChI is InChI=1S/C13H25N5O5/c1-19-6-11-14-12(17(7-20-2)8-21-3)16-13(15-11)18(9-22-4)10-23-5/h6-10H2,1-5H3. The van der Waals surface area contributed by atoms with Crippen molar-refractivity contribution in [2.75, 3.05) is 72.3 Å². The summed E-state index contributed by atoms with van der Waals surface area (Å²) in [6, 6.07) is 0. The van der Waals surface area contributed by atoms with E-state index < -0.39 is 0 Å². The number of ether oxygens (including phenoxy) is 5. The van der Waals surface area contributed by atoms with E-state index in [1.807, 2.05) is 0 Å². The van der Waals surface area contributed by atoms with Gasteiger partial charge in [0.2, 0.25) is 11.9 Å². The van der Waals surface area contributed by atoms with Crippen LogP contribution in [0.4, 0.5) is 11.9 Å². The van der Waals surface area contributed by atoms with Crippen LogP contribution in [0, 0.1) is 0 Å². The highest BCUT2D eigenvalue weighted by atomic mass is 16.5. The summed E-state index contributed by atoms with van der Waals surface area (Å²) in [6.45, 7) is 1.36. The van der Waals surface area contributed by atoms with Crippen molar-refractivity contribution in [3.05, 3.63) is 5.82 Å². The van der Waals surface area contributed by atoms with Crippen LogP contribution in [-0.4, -0.2) is 77.4 Å². The minimum absolute atomic E-state index is 0.254. The SMILES string of the molecule is COCc1nc(N(COC)COC)nc(N(COC)COC)n1. The van der Waals surface area contributed by atoms with Gasteiger partial charge in [0.1, 0.15) is 33.5 Å². The minimum Gasteiger partial charge on any atom is -0.377 e. The summed E-state index contributed by atoms with van der Waals surface area (Å²) >= 11 is 0. The van der Waals surface area contributed by atoms with Gasteiger partial charge in [-0.1, -0.05) is 0 Å². The van der Waals surface area contributed by atoms with E-state index in [1.165, 1.54) is 0 Å². The first-order chi connectivity index (χ1) is 11.2. The van der Waals surface area contributed by atoms with Gasteiger partial charge in [-0.2, -0.15) is 15.0 Å². The van der Waals surface area contributed by atoms with Crippen LogP contribution in [0.2, 0.25) is 0 Å². The fourth-order valence-electron chi connectivity index (χ4n) is 1.80. The zero-order valence-corrected chi connectivity index (χ0v) is 14.3. The topological polar surface area (TPSA) is 91.3 Å². The monoisotopic (exact) mass is 331 g/mol. The Morgan fingerprint density at radius 1 is 0.609 bits per heavy atom. The second-order valence-corrected chi connectivity index (χ2v) is 4.54. The summed E-state index contributed by atoms with van der Waals surface area (Å²) in [7, 11) is 7.92. The Bertz CT molecular complexity index is 405. The molecule has 0 saturated carbocycles. The first-order valence-electron chi connectivity index (χ1n) is 6.89. The summed E-state index contributed by atoms with van der Waals surface area (Å²) in [6.07, 6.45) is 0. The van der Waals surface area contributed by atoms with Crippen molar-refractivity contribution >= 4 is 11.9 Å². The van der Waals surface area contributed by atoms with Crippen LogP contribution in [0.15, 0.2) is 0 Å². The molecule has 0 atom stereocenters. The zero-order chi connectivity index (χ0) is 17.1. The van der Waals surface area contributed by atoms with Crippen LogP contribution in [0.25, 0.3) is 0 Å². The van der Waals surface area contributed by atoms with Gasteiger partial charge in [-0.25, -0.2) is 0 Å². The molecule has 132 valence electrons. The van der Waals surface area contributed by atoms with Crippen molar-refractivity contribution in [1.29, 1.82) is 0 Å². The molecule has 0 bridgehead atoms. The van der Waals surface area contributed by atoms with Gasteiger partial charge < -0.3 is 23.7 Å². The van der Waals surface area contributed by atoms with E-state index in [9.17, 15) is 0 Å². The third-order valence-corrected chi connectivity index (χ3v) is 2.64. The molecule has 1 rings (SSSR count). The Kier molecular flexibility index (Phi) is 9.33. The van der Waals surface area contributed by atoms with Crippen molar-refractivity contribution in [3.8, 4) is 0 Å². The Labute approximate surface area is 136 Å². The van der Waals surface area contributed by atoms with E-state index >= 15 is 0 Å². The number of hydrogen-bond acceptors (Lipinski definition) is 10. The number of nitrogens with zero attached hydrogens (tertiary/aromatic N) is 5. The molecule has 0 fully saturated rings. The molecule has 0 aromatic carbocycles. The molecule has 0 aliphatic carbocycles. The molecule has 0 spiro atoms. The van der Waals surface area contributed by atoms with E-state index in [-0.39, 0.29) is 33.5 Å². The molecule has 0 aliphatic heterocycles. The summed E-state index contributed by atoms with van der Waals surface area (Å²) in [5.41, 5.74) is 0. The lowest BCUT2D eigenvalue weighted by atomic mass is 10.6. The molecule has 0 N–H and O–H groups in total. The van der Waals surface area contributed by atoms with Gasteiger partial charge in [-0.05, 0) is 0 Å². The van der Waals surface area contributed by atoms with E-state index in [1.54, 1.807) is 45.3 Å². The molecule has 10 nitrogen and oxygen atoms in total. The van der Waals surface area contributed by atoms with Gasteiger partial charge in [0.25, 0.3) is 0 Å². The van der Waals surface area contributed by atoms with E-state index in [4.69, 9.17) is 23.7 Å². The molecule has 0 aliphatic rings. The highest BCUT2D eigenvalue weighted by Crippen LogP contribution is 2.15. The van der Waals surface area contributed by atoms with E-state index in [0.29, 0.717) is 17.7 Å². The smallest absolute Gasteiger partial charge is 0.234 e. The minimum atomic E-state index is 0.254. The summed E-state index contributed by atoms with van der Waals surface area (Å²) < 4.78 is 25.8. The molecule has 0 radical (unpaired) electrons. The third kappa shape index (κ3) is 6.20. The predicted molar refractivity (Wildman–Crippen MR) is 83.0 cm³/mol. The molecule has 0 amide bonds. The van der Waals surface area contributed by atoms with Gasteiger partial charge in [-0.3, -0.25) is 9.80 Å². The Morgan fingerprint density at radius 3 is 1.30 bits per heavy atom. The fourth-order valence-corrected chi connectivity index (χ4v) is 1.80. The Morgan fingerprint density at radius 2 is 1.00 bits per heavy atom. The molecule has 0 saturated heterocycles. The van der Waals surface area contributed by atoms with Gasteiger partial charge in [0.15, 0.2) is 5.82 Å². The highest BCUT2D eigenvalue weighted by Gasteiger charge is 2.17. The van der Waals surface area contributed by atoms with Crippen molar-refractivity contribution in [3.63, 3.8) is 0 Å². The largest absolute Gasteiger partial charge is 0.377 e. The van der Waals surface area contributed by atoms with Crippen LogP contribution >= 0.6 is 0 Å². The molecule has 10 heteroatoms. The highest BCUT2D eigenvalue weighted by molar-refractivity contribution is 5.38. The summed E-state index contributed by atoms with van der Waals surface area (Å²) in [5, 5.41) is 0. The van der Waals surface area contributed by atoms with Gasteiger partial charge in [0, 0.05) is 35.5 Å². The first kappa shape index (κ1) is 19.5. The molecule has 1 aromatic heterocycles. The van der Waals surface area contributed by atoms with Crippen molar-refractivity contribution < 1.29 is 23.7 Å². The molecular weight excluding hydrogens is 306 g/mol. The quantitative estimate of drug-likeness (QED) is 0.489. The second kappa shape index (κ2) is 11.0. The number of hydrogen-bond donors (Lipinski definition) is 0. The Hall–Kier alpha value is -1.59. The van der Waals surface area contributed by atoms with Crippen molar-refractivity contribution in [2.45, 2.75) is 6.61 Å². The number of rotatable bonds is 12. The fraction of sp³-hybridized carbons (Fsp3) is 0.769. The molecule has 1 aromatic rings. The maximum atomic E-state index is 5.16. The second-order valence-electron chi connectivity index (χ2n) is 4.54. The average Bonchev–Trinajstić information content (AvgIpc) is 2.54. The van der Waals surface area contributed by atoms with Crippen molar-refractivity contribution in [2.24, 2.45) is 0 Å². The molecule has 23 heavy (non-hydrogen) atoms. The molecular formula is C13H25N5O5. The normalized spacial score (nSPS) is 10.8. The molecule has 1 heterocycles. The maximum absolute atomic E-state index is 5.16. The lowest BCUT2D eigenvalue weighted by Crippen LogP contribution is -2.33. The first-order valence-corrected chi connectivity index (χ1v) is 6.89. The van der Waals surface area contributed by atoms with Crippen LogP contribution in [0.5, 0.6) is 0 Å². The van der Waals surface area contributed by atoms with E-state index in [0.717, 1.165) is 0 Å². The number of anilines is 2. The van der Waals surface area contributed by atoms with Crippen LogP contribution in [0.1, 0.15) is 5.82 Å². The van der Waals surface area contributed by atoms with Crippen molar-refractivity contribution in [1.82, 2.24) is 15.0 Å². The molecule has 0 unspecified atom stereocenters. The lowest BCUT2D eigenvalue weighted by molar-refractivity contribution is 0.135. The van der Waals surface area contributed by atoms with Gasteiger partial charge in [0.05, 0.1) is 0 Å². The van der Waals surface area contributed by atoms with E-state index in [2.05, 4.69) is 15.0 Å². The van der Waals surface area contributed by atoms with Crippen LogP contribution in [-0.2, 0) is 30.3 Å². The summed E-state index contributed by atoms with van der Waals surface area (Å²) in [5.74, 6) is 1.33. The maximum Gasteiger partial charge on any atom is 0.234 e. The number of methoxy groups -OCH3 is 5.